The molecule has 1 rings (SSSR count). The fraction of sp³-hybridized carbons (Fsp3) is 0.667. The first-order chi connectivity index (χ1) is 9.98. The lowest BCUT2D eigenvalue weighted by Crippen LogP contribution is -2.45. The third-order valence-electron chi connectivity index (χ3n) is 3.96. The highest BCUT2D eigenvalue weighted by molar-refractivity contribution is 5.25. The van der Waals surface area contributed by atoms with Crippen LogP contribution in [-0.4, -0.2) is 63.7 Å². The lowest BCUT2D eigenvalue weighted by Gasteiger charge is -2.35. The smallest absolute Gasteiger partial charge is 0.0176 e. The van der Waals surface area contributed by atoms with Crippen molar-refractivity contribution in [3.05, 3.63) is 35.9 Å². The number of rotatable bonds is 10. The molecule has 1 aromatic rings. The summed E-state index contributed by atoms with van der Waals surface area (Å²) in [5.74, 6) is 0. The molecular weight excluding hydrogens is 258 g/mol. The van der Waals surface area contributed by atoms with Gasteiger partial charge in [-0.2, -0.15) is 0 Å². The Labute approximate surface area is 131 Å². The van der Waals surface area contributed by atoms with Crippen molar-refractivity contribution in [1.82, 2.24) is 15.1 Å². The Morgan fingerprint density at radius 2 is 1.71 bits per heavy atom. The Kier molecular flexibility index (Phi) is 7.94. The van der Waals surface area contributed by atoms with Gasteiger partial charge in [0.2, 0.25) is 0 Å². The van der Waals surface area contributed by atoms with E-state index < -0.39 is 0 Å². The Balaban J connectivity index is 2.72. The van der Waals surface area contributed by atoms with Crippen molar-refractivity contribution in [2.75, 3.05) is 53.9 Å². The largest absolute Gasteiger partial charge is 0.316 e. The average molecular weight is 291 g/mol. The summed E-state index contributed by atoms with van der Waals surface area (Å²) in [5, 5.41) is 3.61. The molecule has 120 valence electrons. The van der Waals surface area contributed by atoms with Gasteiger partial charge in [-0.3, -0.25) is 0 Å². The fourth-order valence-corrected chi connectivity index (χ4v) is 2.68. The van der Waals surface area contributed by atoms with Crippen molar-refractivity contribution < 1.29 is 0 Å². The molecule has 0 aliphatic carbocycles. The van der Waals surface area contributed by atoms with E-state index in [1.807, 2.05) is 0 Å². The summed E-state index contributed by atoms with van der Waals surface area (Å²) in [7, 11) is 6.49. The number of likely N-dealkylation sites (N-methyl/N-ethyl adjacent to an activating group) is 2. The van der Waals surface area contributed by atoms with Crippen molar-refractivity contribution in [3.63, 3.8) is 0 Å². The van der Waals surface area contributed by atoms with Crippen LogP contribution >= 0.6 is 0 Å². The Morgan fingerprint density at radius 3 is 2.29 bits per heavy atom. The zero-order chi connectivity index (χ0) is 15.7. The van der Waals surface area contributed by atoms with Crippen LogP contribution in [0.4, 0.5) is 0 Å². The van der Waals surface area contributed by atoms with Crippen LogP contribution < -0.4 is 5.32 Å². The minimum Gasteiger partial charge on any atom is -0.316 e. The summed E-state index contributed by atoms with van der Waals surface area (Å²) in [6, 6.07) is 10.9. The molecule has 3 nitrogen and oxygen atoms in total. The number of nitrogens with one attached hydrogen (secondary N) is 1. The van der Waals surface area contributed by atoms with E-state index in [1.165, 1.54) is 12.0 Å². The first-order valence-electron chi connectivity index (χ1n) is 8.07. The van der Waals surface area contributed by atoms with Gasteiger partial charge in [-0.05, 0) is 39.7 Å². The predicted molar refractivity (Wildman–Crippen MR) is 93.0 cm³/mol. The highest BCUT2D eigenvalue weighted by Gasteiger charge is 2.27. The second-order valence-corrected chi connectivity index (χ2v) is 6.64. The van der Waals surface area contributed by atoms with Crippen LogP contribution in [0, 0.1) is 0 Å². The van der Waals surface area contributed by atoms with Crippen LogP contribution in [-0.2, 0) is 5.41 Å². The van der Waals surface area contributed by atoms with Crippen molar-refractivity contribution in [3.8, 4) is 0 Å². The summed E-state index contributed by atoms with van der Waals surface area (Å²) < 4.78 is 0. The van der Waals surface area contributed by atoms with Crippen LogP contribution in [0.5, 0.6) is 0 Å². The molecular formula is C18H33N3. The van der Waals surface area contributed by atoms with Gasteiger partial charge in [0.05, 0.1) is 0 Å². The summed E-state index contributed by atoms with van der Waals surface area (Å²) >= 11 is 0. The third kappa shape index (κ3) is 6.60. The fourth-order valence-electron chi connectivity index (χ4n) is 2.68. The normalized spacial score (nSPS) is 14.6. The molecule has 0 bridgehead atoms. The minimum atomic E-state index is 0.150. The monoisotopic (exact) mass is 291 g/mol. The van der Waals surface area contributed by atoms with Crippen molar-refractivity contribution in [2.24, 2.45) is 0 Å². The van der Waals surface area contributed by atoms with Gasteiger partial charge in [0.15, 0.2) is 0 Å². The van der Waals surface area contributed by atoms with Crippen LogP contribution in [0.15, 0.2) is 30.3 Å². The molecule has 0 heterocycles. The van der Waals surface area contributed by atoms with E-state index in [0.29, 0.717) is 0 Å². The van der Waals surface area contributed by atoms with Gasteiger partial charge < -0.3 is 15.1 Å². The maximum absolute atomic E-state index is 3.61. The maximum atomic E-state index is 3.61. The summed E-state index contributed by atoms with van der Waals surface area (Å²) in [6.07, 6.45) is 1.18. The molecule has 0 radical (unpaired) electrons. The number of nitrogens with zero attached hydrogens (tertiary/aromatic N) is 2. The average Bonchev–Trinajstić information content (AvgIpc) is 2.46. The highest BCUT2D eigenvalue weighted by atomic mass is 15.2. The van der Waals surface area contributed by atoms with E-state index in [-0.39, 0.29) is 5.41 Å². The van der Waals surface area contributed by atoms with Crippen LogP contribution in [0.3, 0.4) is 0 Å². The molecule has 3 heteroatoms. The Bertz CT molecular complexity index is 377. The molecule has 1 atom stereocenters. The SMILES string of the molecule is CCCNCC(C)(CN(C)CCN(C)C)c1ccccc1. The zero-order valence-electron chi connectivity index (χ0n) is 14.5. The predicted octanol–water partition coefficient (Wildman–Crippen LogP) is 2.44. The van der Waals surface area contributed by atoms with Gasteiger partial charge >= 0.3 is 0 Å². The van der Waals surface area contributed by atoms with Gasteiger partial charge in [-0.1, -0.05) is 44.2 Å². The van der Waals surface area contributed by atoms with E-state index in [2.05, 4.69) is 80.4 Å². The van der Waals surface area contributed by atoms with E-state index in [0.717, 1.165) is 32.7 Å². The first kappa shape index (κ1) is 18.1. The summed E-state index contributed by atoms with van der Waals surface area (Å²) in [5.41, 5.74) is 1.57. The number of hydrogen-bond donors (Lipinski definition) is 1. The molecule has 0 aromatic heterocycles. The topological polar surface area (TPSA) is 18.5 Å². The standard InChI is InChI=1S/C18H33N3/c1-6-12-19-15-18(2,17-10-8-7-9-11-17)16-21(5)14-13-20(3)4/h7-11,19H,6,12-16H2,1-5H3. The maximum Gasteiger partial charge on any atom is 0.0176 e. The van der Waals surface area contributed by atoms with Crippen LogP contribution in [0.1, 0.15) is 25.8 Å². The number of hydrogen-bond acceptors (Lipinski definition) is 3. The molecule has 21 heavy (non-hydrogen) atoms. The Hall–Kier alpha value is -0.900. The second-order valence-electron chi connectivity index (χ2n) is 6.64. The summed E-state index contributed by atoms with van der Waals surface area (Å²) in [4.78, 5) is 4.69. The Morgan fingerprint density at radius 1 is 1.05 bits per heavy atom. The molecule has 0 spiro atoms. The lowest BCUT2D eigenvalue weighted by molar-refractivity contribution is 0.227. The summed E-state index contributed by atoms with van der Waals surface area (Å²) in [6.45, 7) is 9.97. The second kappa shape index (κ2) is 9.19. The van der Waals surface area contributed by atoms with E-state index in [4.69, 9.17) is 0 Å². The quantitative estimate of drug-likeness (QED) is 0.668. The molecule has 1 N–H and O–H groups in total. The van der Waals surface area contributed by atoms with E-state index >= 15 is 0 Å². The molecule has 0 aliphatic rings. The molecule has 0 amide bonds. The van der Waals surface area contributed by atoms with Crippen molar-refractivity contribution in [1.29, 1.82) is 0 Å². The van der Waals surface area contributed by atoms with E-state index in [9.17, 15) is 0 Å². The molecule has 0 saturated carbocycles. The molecule has 0 aliphatic heterocycles. The van der Waals surface area contributed by atoms with Gasteiger partial charge in [0.1, 0.15) is 0 Å². The molecule has 1 unspecified atom stereocenters. The zero-order valence-corrected chi connectivity index (χ0v) is 14.5. The number of benzene rings is 1. The van der Waals surface area contributed by atoms with E-state index in [1.54, 1.807) is 0 Å². The third-order valence-corrected chi connectivity index (χ3v) is 3.96. The van der Waals surface area contributed by atoms with Gasteiger partial charge in [0.25, 0.3) is 0 Å². The van der Waals surface area contributed by atoms with Gasteiger partial charge in [0, 0.05) is 31.6 Å². The van der Waals surface area contributed by atoms with Crippen LogP contribution in [0.25, 0.3) is 0 Å². The van der Waals surface area contributed by atoms with Crippen molar-refractivity contribution in [2.45, 2.75) is 25.7 Å². The highest BCUT2D eigenvalue weighted by Crippen LogP contribution is 2.24. The first-order valence-corrected chi connectivity index (χ1v) is 8.07. The van der Waals surface area contributed by atoms with Gasteiger partial charge in [-0.15, -0.1) is 0 Å². The van der Waals surface area contributed by atoms with Crippen molar-refractivity contribution >= 4 is 0 Å². The minimum absolute atomic E-state index is 0.150. The lowest BCUT2D eigenvalue weighted by atomic mass is 9.81. The molecule has 0 saturated heterocycles. The van der Waals surface area contributed by atoms with Gasteiger partial charge in [-0.25, -0.2) is 0 Å². The van der Waals surface area contributed by atoms with Crippen LogP contribution in [0.2, 0.25) is 0 Å². The molecule has 1 aromatic carbocycles. The molecule has 0 fully saturated rings.